The van der Waals surface area contributed by atoms with Crippen LogP contribution >= 0.6 is 22.7 Å². The average molecular weight is 299 g/mol. The Morgan fingerprint density at radius 3 is 3.00 bits per heavy atom. The third kappa shape index (κ3) is 1.81. The quantitative estimate of drug-likeness (QED) is 0.585. The molecule has 0 spiro atoms. The van der Waals surface area contributed by atoms with Crippen LogP contribution in [0.25, 0.3) is 20.3 Å². The van der Waals surface area contributed by atoms with E-state index in [0.29, 0.717) is 10.7 Å². The summed E-state index contributed by atoms with van der Waals surface area (Å²) in [5.41, 5.74) is 0.912. The van der Waals surface area contributed by atoms with Gasteiger partial charge in [-0.2, -0.15) is 5.10 Å². The molecule has 4 aromatic rings. The minimum Gasteiger partial charge on any atom is -0.304 e. The van der Waals surface area contributed by atoms with E-state index in [4.69, 9.17) is 0 Å². The molecule has 4 nitrogen and oxygen atoms in total. The second-order valence-corrected chi connectivity index (χ2v) is 6.36. The molecule has 1 aromatic carbocycles. The minimum atomic E-state index is -0.115. The number of hydrogen-bond donors (Lipinski definition) is 2. The second-order valence-electron chi connectivity index (χ2n) is 4.33. The van der Waals surface area contributed by atoms with E-state index in [1.807, 2.05) is 41.8 Å². The number of fused-ring (bicyclic) bond motifs is 2. The second kappa shape index (κ2) is 4.43. The fourth-order valence-corrected chi connectivity index (χ4v) is 4.11. The summed E-state index contributed by atoms with van der Waals surface area (Å²) in [6, 6.07) is 11.7. The summed E-state index contributed by atoms with van der Waals surface area (Å²) in [6.07, 6.45) is 0. The maximum Gasteiger partial charge on any atom is 0.267 e. The van der Waals surface area contributed by atoms with Gasteiger partial charge in [0.25, 0.3) is 5.91 Å². The first-order chi connectivity index (χ1) is 9.81. The molecule has 20 heavy (non-hydrogen) atoms. The number of benzene rings is 1. The number of carbonyl (C=O) groups is 1. The zero-order chi connectivity index (χ0) is 13.5. The molecule has 0 saturated carbocycles. The van der Waals surface area contributed by atoms with Gasteiger partial charge in [0.1, 0.15) is 0 Å². The molecule has 0 aliphatic carbocycles. The predicted molar refractivity (Wildman–Crippen MR) is 83.7 cm³/mol. The van der Waals surface area contributed by atoms with Crippen LogP contribution in [0.1, 0.15) is 9.67 Å². The Hall–Kier alpha value is -2.18. The van der Waals surface area contributed by atoms with Crippen molar-refractivity contribution in [3.63, 3.8) is 0 Å². The number of hydrogen-bond acceptors (Lipinski definition) is 4. The molecule has 0 saturated heterocycles. The Morgan fingerprint density at radius 1 is 1.20 bits per heavy atom. The SMILES string of the molecule is O=C(Nc1n[nH]c2ccccc12)c1cc2sccc2s1. The Kier molecular flexibility index (Phi) is 2.58. The van der Waals surface area contributed by atoms with Crippen molar-refractivity contribution >= 4 is 54.7 Å². The van der Waals surface area contributed by atoms with E-state index in [-0.39, 0.29) is 5.91 Å². The van der Waals surface area contributed by atoms with Gasteiger partial charge in [-0.1, -0.05) is 12.1 Å². The summed E-state index contributed by atoms with van der Waals surface area (Å²) in [6.45, 7) is 0. The van der Waals surface area contributed by atoms with Crippen LogP contribution in [0.5, 0.6) is 0 Å². The van der Waals surface area contributed by atoms with Crippen molar-refractivity contribution in [3.8, 4) is 0 Å². The normalized spacial score (nSPS) is 11.2. The van der Waals surface area contributed by atoms with Gasteiger partial charge in [0.15, 0.2) is 5.82 Å². The van der Waals surface area contributed by atoms with Crippen LogP contribution in [0, 0.1) is 0 Å². The van der Waals surface area contributed by atoms with E-state index in [1.54, 1.807) is 11.3 Å². The van der Waals surface area contributed by atoms with Gasteiger partial charge in [0, 0.05) is 14.8 Å². The summed E-state index contributed by atoms with van der Waals surface area (Å²) in [5, 5.41) is 12.9. The van der Waals surface area contributed by atoms with Crippen LogP contribution < -0.4 is 5.32 Å². The van der Waals surface area contributed by atoms with Crippen molar-refractivity contribution in [2.24, 2.45) is 0 Å². The van der Waals surface area contributed by atoms with Crippen molar-refractivity contribution in [3.05, 3.63) is 46.7 Å². The van der Waals surface area contributed by atoms with Crippen molar-refractivity contribution < 1.29 is 4.79 Å². The fraction of sp³-hybridized carbons (Fsp3) is 0. The molecule has 0 radical (unpaired) electrons. The zero-order valence-corrected chi connectivity index (χ0v) is 11.8. The van der Waals surface area contributed by atoms with E-state index >= 15 is 0 Å². The summed E-state index contributed by atoms with van der Waals surface area (Å²) < 4.78 is 2.29. The van der Waals surface area contributed by atoms with Crippen LogP contribution in [0.3, 0.4) is 0 Å². The molecule has 4 rings (SSSR count). The molecule has 0 atom stereocenters. The molecular weight excluding hydrogens is 290 g/mol. The maximum atomic E-state index is 12.3. The third-order valence-electron chi connectivity index (χ3n) is 3.07. The minimum absolute atomic E-state index is 0.115. The van der Waals surface area contributed by atoms with E-state index in [0.717, 1.165) is 20.3 Å². The van der Waals surface area contributed by atoms with Crippen LogP contribution in [-0.2, 0) is 0 Å². The van der Waals surface area contributed by atoms with Crippen LogP contribution in [0.4, 0.5) is 5.82 Å². The highest BCUT2D eigenvalue weighted by molar-refractivity contribution is 7.27. The maximum absolute atomic E-state index is 12.3. The van der Waals surface area contributed by atoms with Gasteiger partial charge in [-0.25, -0.2) is 0 Å². The number of anilines is 1. The van der Waals surface area contributed by atoms with E-state index in [2.05, 4.69) is 15.5 Å². The lowest BCUT2D eigenvalue weighted by Gasteiger charge is -1.99. The molecule has 3 aromatic heterocycles. The smallest absolute Gasteiger partial charge is 0.267 e. The van der Waals surface area contributed by atoms with E-state index in [9.17, 15) is 4.79 Å². The summed E-state index contributed by atoms with van der Waals surface area (Å²) in [5.74, 6) is 0.456. The van der Waals surface area contributed by atoms with Crippen molar-refractivity contribution in [1.82, 2.24) is 10.2 Å². The number of rotatable bonds is 2. The Labute approximate surface area is 122 Å². The number of para-hydroxylation sites is 1. The number of carbonyl (C=O) groups excluding carboxylic acids is 1. The highest BCUT2D eigenvalue weighted by atomic mass is 32.1. The Balaban J connectivity index is 1.68. The monoisotopic (exact) mass is 299 g/mol. The van der Waals surface area contributed by atoms with Gasteiger partial charge in [0.05, 0.1) is 10.4 Å². The first-order valence-electron chi connectivity index (χ1n) is 6.03. The Morgan fingerprint density at radius 2 is 2.10 bits per heavy atom. The Bertz CT molecular complexity index is 890. The first-order valence-corrected chi connectivity index (χ1v) is 7.72. The molecule has 1 amide bonds. The number of amides is 1. The molecule has 0 aliphatic heterocycles. The van der Waals surface area contributed by atoms with Crippen molar-refractivity contribution in [2.45, 2.75) is 0 Å². The van der Waals surface area contributed by atoms with Crippen LogP contribution in [-0.4, -0.2) is 16.1 Å². The summed E-state index contributed by atoms with van der Waals surface area (Å²) in [7, 11) is 0. The van der Waals surface area contributed by atoms with Gasteiger partial charge >= 0.3 is 0 Å². The van der Waals surface area contributed by atoms with E-state index < -0.39 is 0 Å². The number of aromatic nitrogens is 2. The molecule has 0 unspecified atom stereocenters. The van der Waals surface area contributed by atoms with E-state index in [1.165, 1.54) is 11.3 Å². The van der Waals surface area contributed by atoms with Crippen molar-refractivity contribution in [2.75, 3.05) is 5.32 Å². The number of H-pyrrole nitrogens is 1. The van der Waals surface area contributed by atoms with Gasteiger partial charge in [-0.05, 0) is 29.6 Å². The molecule has 0 fully saturated rings. The lowest BCUT2D eigenvalue weighted by Crippen LogP contribution is -2.10. The van der Waals surface area contributed by atoms with Gasteiger partial charge in [0.2, 0.25) is 0 Å². The average Bonchev–Trinajstić information content (AvgIpc) is 3.12. The van der Waals surface area contributed by atoms with Gasteiger partial charge in [-0.3, -0.25) is 9.89 Å². The van der Waals surface area contributed by atoms with Crippen LogP contribution in [0.2, 0.25) is 0 Å². The topological polar surface area (TPSA) is 57.8 Å². The van der Waals surface area contributed by atoms with Crippen LogP contribution in [0.15, 0.2) is 41.8 Å². The van der Waals surface area contributed by atoms with Gasteiger partial charge < -0.3 is 5.32 Å². The molecule has 0 aliphatic rings. The molecule has 3 heterocycles. The number of aromatic amines is 1. The molecular formula is C14H9N3OS2. The lowest BCUT2D eigenvalue weighted by atomic mass is 10.2. The largest absolute Gasteiger partial charge is 0.304 e. The first kappa shape index (κ1) is 11.6. The molecule has 6 heteroatoms. The zero-order valence-electron chi connectivity index (χ0n) is 10.2. The van der Waals surface area contributed by atoms with Gasteiger partial charge in [-0.15, -0.1) is 22.7 Å². The summed E-state index contributed by atoms with van der Waals surface area (Å²) in [4.78, 5) is 13.0. The standard InChI is InChI=1S/C14H9N3OS2/c18-14(12-7-11-10(20-12)5-6-19-11)15-13-8-3-1-2-4-9(8)16-17-13/h1-7H,(H2,15,16,17,18). The highest BCUT2D eigenvalue weighted by Gasteiger charge is 2.14. The predicted octanol–water partition coefficient (Wildman–Crippen LogP) is 4.09. The lowest BCUT2D eigenvalue weighted by molar-refractivity contribution is 0.103. The summed E-state index contributed by atoms with van der Waals surface area (Å²) >= 11 is 3.14. The molecule has 2 N–H and O–H groups in total. The molecule has 0 bridgehead atoms. The third-order valence-corrected chi connectivity index (χ3v) is 5.16. The number of nitrogens with one attached hydrogen (secondary N) is 2. The fourth-order valence-electron chi connectivity index (χ4n) is 2.11. The van der Waals surface area contributed by atoms with Crippen molar-refractivity contribution in [1.29, 1.82) is 0 Å². The number of thiophene rings is 2. The molecule has 98 valence electrons. The highest BCUT2D eigenvalue weighted by Crippen LogP contribution is 2.30. The number of nitrogens with zero attached hydrogens (tertiary/aromatic N) is 1.